The molecule has 0 bridgehead atoms. The molecule has 0 heterocycles. The summed E-state index contributed by atoms with van der Waals surface area (Å²) in [5.41, 5.74) is -0.871. The summed E-state index contributed by atoms with van der Waals surface area (Å²) in [5.74, 6) is -2.51. The van der Waals surface area contributed by atoms with Gasteiger partial charge in [-0.05, 0) is 18.2 Å². The standard InChI is InChI=1S/C18H21F3O6/c19-18(20,21)10-2-1-3-12(6-10)27-9-11(22)4-5-13-14(7-17(25)26)16(24)8-15(13)23/h1-6,11,13-16,22-24H,7-9H2,(H,25,26)/t11-,13-,14-,15-,16+/m1/s1. The monoisotopic (exact) mass is 390 g/mol. The van der Waals surface area contributed by atoms with Crippen molar-refractivity contribution in [2.75, 3.05) is 6.61 Å². The molecule has 1 aliphatic rings. The highest BCUT2D eigenvalue weighted by Gasteiger charge is 2.41. The number of carbonyl (C=O) groups is 1. The van der Waals surface area contributed by atoms with Crippen LogP contribution in [0.1, 0.15) is 18.4 Å². The van der Waals surface area contributed by atoms with E-state index < -0.39 is 47.9 Å². The summed E-state index contributed by atoms with van der Waals surface area (Å²) in [6, 6.07) is 4.23. The van der Waals surface area contributed by atoms with E-state index in [0.29, 0.717) is 0 Å². The lowest BCUT2D eigenvalue weighted by Gasteiger charge is -2.19. The molecule has 0 amide bonds. The van der Waals surface area contributed by atoms with Gasteiger partial charge in [-0.15, -0.1) is 0 Å². The second kappa shape index (κ2) is 8.73. The van der Waals surface area contributed by atoms with Crippen LogP contribution in [0.25, 0.3) is 0 Å². The molecule has 0 unspecified atom stereocenters. The molecule has 4 N–H and O–H groups in total. The largest absolute Gasteiger partial charge is 0.491 e. The van der Waals surface area contributed by atoms with Crippen molar-refractivity contribution in [3.63, 3.8) is 0 Å². The minimum atomic E-state index is -4.50. The highest BCUT2D eigenvalue weighted by molar-refractivity contribution is 5.67. The van der Waals surface area contributed by atoms with Gasteiger partial charge in [0.2, 0.25) is 0 Å². The number of benzene rings is 1. The molecule has 0 spiro atoms. The molecule has 27 heavy (non-hydrogen) atoms. The van der Waals surface area contributed by atoms with E-state index in [9.17, 15) is 33.3 Å². The fourth-order valence-electron chi connectivity index (χ4n) is 3.12. The maximum absolute atomic E-state index is 12.7. The minimum Gasteiger partial charge on any atom is -0.491 e. The first-order valence-electron chi connectivity index (χ1n) is 8.32. The van der Waals surface area contributed by atoms with Crippen LogP contribution in [0.3, 0.4) is 0 Å². The molecule has 150 valence electrons. The fraction of sp³-hybridized carbons (Fsp3) is 0.500. The average Bonchev–Trinajstić information content (AvgIpc) is 2.83. The third-order valence-corrected chi connectivity index (χ3v) is 4.46. The number of carboxylic acid groups (broad SMARTS) is 1. The lowest BCUT2D eigenvalue weighted by atomic mass is 9.90. The van der Waals surface area contributed by atoms with E-state index in [4.69, 9.17) is 9.84 Å². The number of aliphatic hydroxyl groups excluding tert-OH is 3. The average molecular weight is 390 g/mol. The Bertz CT molecular complexity index is 675. The van der Waals surface area contributed by atoms with E-state index in [2.05, 4.69) is 0 Å². The Labute approximate surface area is 153 Å². The number of halogens is 3. The van der Waals surface area contributed by atoms with Gasteiger partial charge >= 0.3 is 12.1 Å². The molecule has 1 fully saturated rings. The first-order chi connectivity index (χ1) is 12.6. The molecule has 1 aliphatic carbocycles. The zero-order chi connectivity index (χ0) is 20.2. The van der Waals surface area contributed by atoms with Crippen molar-refractivity contribution >= 4 is 5.97 Å². The number of aliphatic carboxylic acids is 1. The molecule has 6 nitrogen and oxygen atoms in total. The molecular weight excluding hydrogens is 369 g/mol. The second-order valence-corrected chi connectivity index (χ2v) is 6.50. The SMILES string of the molecule is O=C(O)C[C@@H]1[C@@H](C=C[C@@H](O)COc2cccc(C(F)(F)F)c2)[C@H](O)C[C@@H]1O. The van der Waals surface area contributed by atoms with E-state index in [1.165, 1.54) is 24.3 Å². The predicted molar refractivity (Wildman–Crippen MR) is 87.9 cm³/mol. The van der Waals surface area contributed by atoms with Crippen molar-refractivity contribution in [2.24, 2.45) is 11.8 Å². The number of hydrogen-bond donors (Lipinski definition) is 4. The number of alkyl halides is 3. The lowest BCUT2D eigenvalue weighted by Crippen LogP contribution is -2.24. The van der Waals surface area contributed by atoms with Gasteiger partial charge in [0.05, 0.1) is 24.2 Å². The number of aliphatic hydroxyl groups is 3. The molecule has 1 aromatic carbocycles. The Morgan fingerprint density at radius 3 is 2.63 bits per heavy atom. The summed E-state index contributed by atoms with van der Waals surface area (Å²) in [6.07, 6.45) is -5.22. The van der Waals surface area contributed by atoms with Gasteiger partial charge in [0.1, 0.15) is 18.5 Å². The van der Waals surface area contributed by atoms with Crippen LogP contribution in [0.15, 0.2) is 36.4 Å². The van der Waals surface area contributed by atoms with Gasteiger partial charge in [-0.3, -0.25) is 4.79 Å². The Morgan fingerprint density at radius 1 is 1.30 bits per heavy atom. The molecule has 2 rings (SSSR count). The quantitative estimate of drug-likeness (QED) is 0.529. The van der Waals surface area contributed by atoms with Crippen LogP contribution in [0.5, 0.6) is 5.75 Å². The van der Waals surface area contributed by atoms with E-state index in [1.54, 1.807) is 0 Å². The summed E-state index contributed by atoms with van der Waals surface area (Å²) < 4.78 is 43.1. The second-order valence-electron chi connectivity index (χ2n) is 6.50. The molecule has 5 atom stereocenters. The molecule has 1 aromatic rings. The Balaban J connectivity index is 1.94. The highest BCUT2D eigenvalue weighted by Crippen LogP contribution is 2.36. The maximum atomic E-state index is 12.7. The van der Waals surface area contributed by atoms with Crippen molar-refractivity contribution in [3.8, 4) is 5.75 Å². The molecule has 0 aliphatic heterocycles. The first-order valence-corrected chi connectivity index (χ1v) is 8.32. The van der Waals surface area contributed by atoms with Crippen LogP contribution < -0.4 is 4.74 Å². The van der Waals surface area contributed by atoms with Crippen LogP contribution in [0.2, 0.25) is 0 Å². The zero-order valence-electron chi connectivity index (χ0n) is 14.2. The Kier molecular flexibility index (Phi) is 6.85. The minimum absolute atomic E-state index is 0.0315. The van der Waals surface area contributed by atoms with Crippen molar-refractivity contribution in [2.45, 2.75) is 37.3 Å². The van der Waals surface area contributed by atoms with Gasteiger partial charge in [-0.1, -0.05) is 18.2 Å². The van der Waals surface area contributed by atoms with Gasteiger partial charge in [0, 0.05) is 18.3 Å². The van der Waals surface area contributed by atoms with Gasteiger partial charge < -0.3 is 25.2 Å². The van der Waals surface area contributed by atoms with Crippen LogP contribution >= 0.6 is 0 Å². The smallest absolute Gasteiger partial charge is 0.416 e. The molecule has 1 saturated carbocycles. The molecule has 9 heteroatoms. The van der Waals surface area contributed by atoms with Crippen molar-refractivity contribution < 1.29 is 43.1 Å². The molecule has 0 saturated heterocycles. The lowest BCUT2D eigenvalue weighted by molar-refractivity contribution is -0.139. The van der Waals surface area contributed by atoms with E-state index >= 15 is 0 Å². The van der Waals surface area contributed by atoms with E-state index in [0.717, 1.165) is 12.1 Å². The van der Waals surface area contributed by atoms with Gasteiger partial charge in [-0.25, -0.2) is 0 Å². The van der Waals surface area contributed by atoms with Crippen LogP contribution in [-0.4, -0.2) is 51.3 Å². The third-order valence-electron chi connectivity index (χ3n) is 4.46. The molecule has 0 radical (unpaired) electrons. The van der Waals surface area contributed by atoms with E-state index in [1.807, 2.05) is 0 Å². The van der Waals surface area contributed by atoms with Crippen LogP contribution in [0.4, 0.5) is 13.2 Å². The summed E-state index contributed by atoms with van der Waals surface area (Å²) in [7, 11) is 0. The summed E-state index contributed by atoms with van der Waals surface area (Å²) in [5, 5.41) is 38.6. The van der Waals surface area contributed by atoms with Gasteiger partial charge in [0.15, 0.2) is 0 Å². The van der Waals surface area contributed by atoms with Crippen LogP contribution in [-0.2, 0) is 11.0 Å². The topological polar surface area (TPSA) is 107 Å². The predicted octanol–water partition coefficient (Wildman–Crippen LogP) is 1.83. The maximum Gasteiger partial charge on any atom is 0.416 e. The highest BCUT2D eigenvalue weighted by atomic mass is 19.4. The summed E-state index contributed by atoms with van der Waals surface area (Å²) in [4.78, 5) is 10.9. The molecular formula is C18H21F3O6. The van der Waals surface area contributed by atoms with Crippen molar-refractivity contribution in [1.82, 2.24) is 0 Å². The first kappa shape index (κ1) is 21.2. The number of ether oxygens (including phenoxy) is 1. The Hall–Kier alpha value is -2.10. The van der Waals surface area contributed by atoms with Crippen LogP contribution in [0, 0.1) is 11.8 Å². The van der Waals surface area contributed by atoms with Gasteiger partial charge in [-0.2, -0.15) is 13.2 Å². The van der Waals surface area contributed by atoms with E-state index in [-0.39, 0.29) is 25.2 Å². The normalized spacial score (nSPS) is 27.0. The fourth-order valence-corrected chi connectivity index (χ4v) is 3.12. The van der Waals surface area contributed by atoms with Crippen molar-refractivity contribution in [3.05, 3.63) is 42.0 Å². The van der Waals surface area contributed by atoms with Crippen molar-refractivity contribution in [1.29, 1.82) is 0 Å². The van der Waals surface area contributed by atoms with Gasteiger partial charge in [0.25, 0.3) is 0 Å². The number of rotatable bonds is 7. The number of carboxylic acids is 1. The Morgan fingerprint density at radius 2 is 2.00 bits per heavy atom. The zero-order valence-corrected chi connectivity index (χ0v) is 14.2. The summed E-state index contributed by atoms with van der Waals surface area (Å²) >= 11 is 0. The summed E-state index contributed by atoms with van der Waals surface area (Å²) in [6.45, 7) is -0.327. The molecule has 0 aromatic heterocycles. The third kappa shape index (κ3) is 5.95. The number of hydrogen-bond acceptors (Lipinski definition) is 5.